The van der Waals surface area contributed by atoms with Crippen LogP contribution in [-0.2, 0) is 6.18 Å². The lowest BCUT2D eigenvalue weighted by Gasteiger charge is -2.11. The first-order valence-corrected chi connectivity index (χ1v) is 11.1. The van der Waals surface area contributed by atoms with Crippen molar-refractivity contribution in [3.63, 3.8) is 0 Å². The van der Waals surface area contributed by atoms with Gasteiger partial charge in [0.25, 0.3) is 5.78 Å². The molecule has 0 bridgehead atoms. The summed E-state index contributed by atoms with van der Waals surface area (Å²) in [6, 6.07) is 16.1. The van der Waals surface area contributed by atoms with Gasteiger partial charge in [0.15, 0.2) is 0 Å². The van der Waals surface area contributed by atoms with Crippen LogP contribution in [0.2, 0.25) is 0 Å². The van der Waals surface area contributed by atoms with Crippen LogP contribution in [-0.4, -0.2) is 16.0 Å². The quantitative estimate of drug-likeness (QED) is 0.278. The van der Waals surface area contributed by atoms with Gasteiger partial charge < -0.3 is 5.73 Å². The molecule has 7 nitrogen and oxygen atoms in total. The van der Waals surface area contributed by atoms with Crippen LogP contribution in [0.1, 0.15) is 26.5 Å². The minimum absolute atomic E-state index is 0.0682. The number of hydrogen-bond donors (Lipinski definition) is 2. The molecule has 0 fully saturated rings. The summed E-state index contributed by atoms with van der Waals surface area (Å²) in [6.45, 7) is 1.87. The van der Waals surface area contributed by atoms with E-state index in [9.17, 15) is 22.8 Å². The van der Waals surface area contributed by atoms with Gasteiger partial charge in [-0.25, -0.2) is 9.78 Å². The van der Waals surface area contributed by atoms with Gasteiger partial charge in [-0.15, -0.1) is 11.3 Å². The number of fused-ring (bicyclic) bond motifs is 1. The molecule has 0 spiro atoms. The number of H-pyrrole nitrogens is 1. The van der Waals surface area contributed by atoms with Crippen molar-refractivity contribution in [2.24, 2.45) is 0 Å². The molecule has 5 rings (SSSR count). The molecule has 3 N–H and O–H groups in total. The minimum Gasteiger partial charge on any atom is -0.397 e. The fourth-order valence-corrected chi connectivity index (χ4v) is 4.78. The number of halogens is 3. The number of carbonyl (C=O) groups excluding carboxylic acids is 1. The maximum Gasteiger partial charge on any atom is 0.439 e. The Morgan fingerprint density at radius 2 is 1.80 bits per heavy atom. The number of rotatable bonds is 4. The largest absolute Gasteiger partial charge is 0.439 e. The molecule has 2 aromatic carbocycles. The van der Waals surface area contributed by atoms with E-state index in [0.717, 1.165) is 16.3 Å². The van der Waals surface area contributed by atoms with E-state index < -0.39 is 34.5 Å². The zero-order valence-electron chi connectivity index (χ0n) is 18.0. The van der Waals surface area contributed by atoms with E-state index in [1.165, 1.54) is 0 Å². The Morgan fingerprint density at radius 1 is 1.11 bits per heavy atom. The van der Waals surface area contributed by atoms with Crippen LogP contribution in [0, 0.1) is 6.92 Å². The summed E-state index contributed by atoms with van der Waals surface area (Å²) in [6.07, 6.45) is -4.75. The average molecular weight is 497 g/mol. The number of nitrogens with two attached hydrogens (primary N) is 1. The van der Waals surface area contributed by atoms with Crippen LogP contribution >= 0.6 is 11.3 Å². The van der Waals surface area contributed by atoms with Crippen LogP contribution in [0.15, 0.2) is 70.0 Å². The highest BCUT2D eigenvalue weighted by Gasteiger charge is 2.39. The second-order valence-corrected chi connectivity index (χ2v) is 8.77. The highest BCUT2D eigenvalue weighted by Crippen LogP contribution is 2.43. The van der Waals surface area contributed by atoms with Gasteiger partial charge >= 0.3 is 17.5 Å². The molecule has 0 aliphatic heterocycles. The second kappa shape index (κ2) is 8.20. The molecule has 0 radical (unpaired) electrons. The standard InChI is InChI=1S/C24H15F3N4O3S/c1-12-7-9-14(10-8-12)31-19(23(33)34-30-31)20(32)21-18(28)17-15(24(25,26)27)11-16(29-22(17)35-21)13-5-3-2-4-6-13/h2-11H,1H3,(H2-,28,30,32,33)/p+1. The molecule has 0 aliphatic carbocycles. The Morgan fingerprint density at radius 3 is 2.46 bits per heavy atom. The Balaban J connectivity index is 1.71. The number of aryl methyl sites for hydroxylation is 1. The first kappa shape index (κ1) is 22.5. The molecule has 0 atom stereocenters. The third-order valence-electron chi connectivity index (χ3n) is 5.43. The van der Waals surface area contributed by atoms with Gasteiger partial charge in [-0.3, -0.25) is 9.32 Å². The highest BCUT2D eigenvalue weighted by molar-refractivity contribution is 7.21. The van der Waals surface area contributed by atoms with Gasteiger partial charge in [0.05, 0.1) is 16.9 Å². The molecule has 3 aromatic heterocycles. The van der Waals surface area contributed by atoms with E-state index in [0.29, 0.717) is 22.6 Å². The number of aromatic amines is 1. The molecule has 35 heavy (non-hydrogen) atoms. The summed E-state index contributed by atoms with van der Waals surface area (Å²) < 4.78 is 48.0. The van der Waals surface area contributed by atoms with Crippen molar-refractivity contribution in [1.29, 1.82) is 0 Å². The van der Waals surface area contributed by atoms with Gasteiger partial charge in [0, 0.05) is 23.1 Å². The topological polar surface area (TPSA) is 106 Å². The number of nitrogens with one attached hydrogen (secondary N) is 1. The summed E-state index contributed by atoms with van der Waals surface area (Å²) in [5.41, 5.74) is 5.19. The highest BCUT2D eigenvalue weighted by atomic mass is 32.1. The molecular weight excluding hydrogens is 481 g/mol. The van der Waals surface area contributed by atoms with E-state index in [-0.39, 0.29) is 20.8 Å². The average Bonchev–Trinajstić information content (AvgIpc) is 3.38. The van der Waals surface area contributed by atoms with Crippen LogP contribution in [0.25, 0.3) is 27.2 Å². The van der Waals surface area contributed by atoms with E-state index >= 15 is 0 Å². The lowest BCUT2D eigenvalue weighted by molar-refractivity contribution is -0.672. The molecule has 5 aromatic rings. The molecule has 0 saturated heterocycles. The van der Waals surface area contributed by atoms with Crippen molar-refractivity contribution >= 4 is 33.0 Å². The zero-order valence-corrected chi connectivity index (χ0v) is 18.8. The summed E-state index contributed by atoms with van der Waals surface area (Å²) in [5, 5.41) is 1.97. The number of pyridine rings is 1. The normalized spacial score (nSPS) is 11.8. The summed E-state index contributed by atoms with van der Waals surface area (Å²) in [4.78, 5) is 29.9. The smallest absolute Gasteiger partial charge is 0.397 e. The van der Waals surface area contributed by atoms with E-state index in [1.807, 2.05) is 6.92 Å². The van der Waals surface area contributed by atoms with Crippen LogP contribution in [0.3, 0.4) is 0 Å². The van der Waals surface area contributed by atoms with Crippen molar-refractivity contribution in [1.82, 2.24) is 10.3 Å². The molecule has 11 heteroatoms. The summed E-state index contributed by atoms with van der Waals surface area (Å²) in [7, 11) is 0. The number of alkyl halides is 3. The molecule has 0 aliphatic rings. The van der Waals surface area contributed by atoms with Gasteiger partial charge in [-0.05, 0) is 22.9 Å². The molecule has 0 unspecified atom stereocenters. The number of nitrogens with zero attached hydrogens (tertiary/aromatic N) is 2. The fourth-order valence-electron chi connectivity index (χ4n) is 3.72. The maximum absolute atomic E-state index is 14.0. The maximum atomic E-state index is 14.0. The SMILES string of the molecule is Cc1ccc(-[n+]2[nH]oc(=O)c2C(=O)c2sc3nc(-c4ccccc4)cc(C(F)(F)F)c3c2N)cc1. The van der Waals surface area contributed by atoms with Gasteiger partial charge in [-0.2, -0.15) is 13.2 Å². The van der Waals surface area contributed by atoms with Crippen molar-refractivity contribution in [2.75, 3.05) is 5.73 Å². The molecule has 3 heterocycles. The second-order valence-electron chi connectivity index (χ2n) is 7.77. The number of carbonyl (C=O) groups is 1. The van der Waals surface area contributed by atoms with Gasteiger partial charge in [-0.1, -0.05) is 48.0 Å². The van der Waals surface area contributed by atoms with Crippen LogP contribution in [0.4, 0.5) is 18.9 Å². The molecule has 176 valence electrons. The number of ketones is 1. The lowest BCUT2D eigenvalue weighted by Crippen LogP contribution is -2.41. The zero-order chi connectivity index (χ0) is 24.9. The van der Waals surface area contributed by atoms with E-state index in [4.69, 9.17) is 10.3 Å². The number of aromatic nitrogens is 3. The number of hydrogen-bond acceptors (Lipinski definition) is 6. The number of nitrogen functional groups attached to an aromatic ring is 1. The molecule has 0 amide bonds. The molecular formula is C24H16F3N4O3S+. The van der Waals surface area contributed by atoms with Crippen molar-refractivity contribution in [2.45, 2.75) is 13.1 Å². The van der Waals surface area contributed by atoms with Gasteiger partial charge in [0.1, 0.15) is 9.71 Å². The summed E-state index contributed by atoms with van der Waals surface area (Å²) >= 11 is 0.691. The Kier molecular flexibility index (Phi) is 5.28. The van der Waals surface area contributed by atoms with Crippen molar-refractivity contribution in [3.8, 4) is 16.9 Å². The van der Waals surface area contributed by atoms with E-state index in [2.05, 4.69) is 10.3 Å². The third-order valence-corrected chi connectivity index (χ3v) is 6.53. The monoisotopic (exact) mass is 497 g/mol. The Hall–Kier alpha value is -4.25. The number of benzene rings is 2. The number of thiophene rings is 1. The van der Waals surface area contributed by atoms with E-state index in [1.54, 1.807) is 54.6 Å². The Labute approximate surface area is 199 Å². The third kappa shape index (κ3) is 3.89. The van der Waals surface area contributed by atoms with Crippen LogP contribution < -0.4 is 16.0 Å². The Bertz CT molecular complexity index is 1640. The fraction of sp³-hybridized carbons (Fsp3) is 0.0833. The lowest BCUT2D eigenvalue weighted by atomic mass is 10.0. The molecule has 0 saturated carbocycles. The van der Waals surface area contributed by atoms with Crippen molar-refractivity contribution in [3.05, 3.63) is 92.8 Å². The summed E-state index contributed by atoms with van der Waals surface area (Å²) in [5.74, 6) is -0.879. The predicted octanol–water partition coefficient (Wildman–Crippen LogP) is 4.66. The van der Waals surface area contributed by atoms with Crippen molar-refractivity contribution < 1.29 is 27.2 Å². The number of anilines is 1. The predicted molar refractivity (Wildman–Crippen MR) is 124 cm³/mol. The minimum atomic E-state index is -4.75. The van der Waals surface area contributed by atoms with Gasteiger partial charge in [0.2, 0.25) is 5.69 Å². The first-order valence-electron chi connectivity index (χ1n) is 10.3. The first-order chi connectivity index (χ1) is 16.6. The van der Waals surface area contributed by atoms with Crippen LogP contribution in [0.5, 0.6) is 0 Å².